The summed E-state index contributed by atoms with van der Waals surface area (Å²) < 4.78 is 10.5. The second-order valence-corrected chi connectivity index (χ2v) is 3.90. The van der Waals surface area contributed by atoms with E-state index in [1.807, 2.05) is 30.3 Å². The van der Waals surface area contributed by atoms with E-state index in [1.54, 1.807) is 26.6 Å². The third-order valence-electron chi connectivity index (χ3n) is 2.80. The molecule has 0 radical (unpaired) electrons. The first-order chi connectivity index (χ1) is 8.74. The minimum atomic E-state index is -0.225. The lowest BCUT2D eigenvalue weighted by atomic mass is 10.0. The van der Waals surface area contributed by atoms with Crippen LogP contribution in [0.25, 0.3) is 0 Å². The van der Waals surface area contributed by atoms with Gasteiger partial charge in [0.05, 0.1) is 20.3 Å². The Morgan fingerprint density at radius 3 is 2.00 bits per heavy atom. The number of aromatic nitrogens is 1. The molecule has 4 nitrogen and oxygen atoms in total. The SMILES string of the molecule is COc1cc(OC)cc(C(N)c2ccncc2)c1. The van der Waals surface area contributed by atoms with Crippen LogP contribution >= 0.6 is 0 Å². The van der Waals surface area contributed by atoms with Crippen molar-refractivity contribution in [1.82, 2.24) is 4.98 Å². The van der Waals surface area contributed by atoms with E-state index in [1.165, 1.54) is 0 Å². The monoisotopic (exact) mass is 244 g/mol. The summed E-state index contributed by atoms with van der Waals surface area (Å²) >= 11 is 0. The minimum Gasteiger partial charge on any atom is -0.497 e. The summed E-state index contributed by atoms with van der Waals surface area (Å²) in [5.41, 5.74) is 8.17. The largest absolute Gasteiger partial charge is 0.497 e. The Kier molecular flexibility index (Phi) is 3.79. The molecular formula is C14H16N2O2. The smallest absolute Gasteiger partial charge is 0.122 e. The Morgan fingerprint density at radius 1 is 0.944 bits per heavy atom. The lowest BCUT2D eigenvalue weighted by Crippen LogP contribution is -2.12. The Labute approximate surface area is 106 Å². The predicted octanol–water partition coefficient (Wildman–Crippen LogP) is 2.15. The third-order valence-corrected chi connectivity index (χ3v) is 2.80. The van der Waals surface area contributed by atoms with Gasteiger partial charge in [0.25, 0.3) is 0 Å². The van der Waals surface area contributed by atoms with Gasteiger partial charge in [-0.05, 0) is 35.4 Å². The molecular weight excluding hydrogens is 228 g/mol. The molecule has 0 bridgehead atoms. The lowest BCUT2D eigenvalue weighted by molar-refractivity contribution is 0.393. The summed E-state index contributed by atoms with van der Waals surface area (Å²) in [5.74, 6) is 1.46. The Bertz CT molecular complexity index is 492. The van der Waals surface area contributed by atoms with E-state index in [0.29, 0.717) is 0 Å². The highest BCUT2D eigenvalue weighted by Crippen LogP contribution is 2.28. The molecule has 0 aliphatic heterocycles. The van der Waals surface area contributed by atoms with Crippen LogP contribution in [-0.4, -0.2) is 19.2 Å². The molecule has 18 heavy (non-hydrogen) atoms. The molecule has 0 spiro atoms. The quantitative estimate of drug-likeness (QED) is 0.895. The number of rotatable bonds is 4. The summed E-state index contributed by atoms with van der Waals surface area (Å²) in [6.07, 6.45) is 3.46. The summed E-state index contributed by atoms with van der Waals surface area (Å²) in [6, 6.07) is 9.22. The van der Waals surface area contributed by atoms with Crippen LogP contribution in [0.4, 0.5) is 0 Å². The number of nitrogens with two attached hydrogens (primary N) is 1. The highest BCUT2D eigenvalue weighted by molar-refractivity contribution is 5.42. The van der Waals surface area contributed by atoms with Crippen molar-refractivity contribution < 1.29 is 9.47 Å². The predicted molar refractivity (Wildman–Crippen MR) is 69.8 cm³/mol. The first-order valence-electron chi connectivity index (χ1n) is 5.63. The van der Waals surface area contributed by atoms with Crippen molar-refractivity contribution in [3.05, 3.63) is 53.9 Å². The summed E-state index contributed by atoms with van der Waals surface area (Å²) in [5, 5.41) is 0. The van der Waals surface area contributed by atoms with Gasteiger partial charge < -0.3 is 15.2 Å². The van der Waals surface area contributed by atoms with Crippen LogP contribution in [0.1, 0.15) is 17.2 Å². The number of methoxy groups -OCH3 is 2. The van der Waals surface area contributed by atoms with E-state index in [-0.39, 0.29) is 6.04 Å². The molecule has 0 aliphatic rings. The molecule has 2 rings (SSSR count). The van der Waals surface area contributed by atoms with Crippen LogP contribution in [-0.2, 0) is 0 Å². The van der Waals surface area contributed by atoms with Gasteiger partial charge in [0, 0.05) is 18.5 Å². The fraction of sp³-hybridized carbons (Fsp3) is 0.214. The Balaban J connectivity index is 2.38. The average molecular weight is 244 g/mol. The number of ether oxygens (including phenoxy) is 2. The average Bonchev–Trinajstić information content (AvgIpc) is 2.46. The zero-order chi connectivity index (χ0) is 13.0. The minimum absolute atomic E-state index is 0.225. The summed E-state index contributed by atoms with van der Waals surface area (Å²) in [4.78, 5) is 3.98. The van der Waals surface area contributed by atoms with E-state index < -0.39 is 0 Å². The van der Waals surface area contributed by atoms with Gasteiger partial charge in [0.15, 0.2) is 0 Å². The van der Waals surface area contributed by atoms with Crippen LogP contribution in [0.15, 0.2) is 42.7 Å². The number of benzene rings is 1. The molecule has 0 saturated heterocycles. The second-order valence-electron chi connectivity index (χ2n) is 3.90. The van der Waals surface area contributed by atoms with Crippen molar-refractivity contribution in [2.45, 2.75) is 6.04 Å². The molecule has 94 valence electrons. The highest BCUT2D eigenvalue weighted by atomic mass is 16.5. The van der Waals surface area contributed by atoms with Crippen molar-refractivity contribution in [2.24, 2.45) is 5.73 Å². The van der Waals surface area contributed by atoms with E-state index in [9.17, 15) is 0 Å². The first kappa shape index (κ1) is 12.4. The zero-order valence-electron chi connectivity index (χ0n) is 10.5. The van der Waals surface area contributed by atoms with Gasteiger partial charge in [-0.25, -0.2) is 0 Å². The maximum absolute atomic E-state index is 6.22. The summed E-state index contributed by atoms with van der Waals surface area (Å²) in [6.45, 7) is 0. The molecule has 1 aromatic carbocycles. The van der Waals surface area contributed by atoms with E-state index >= 15 is 0 Å². The zero-order valence-corrected chi connectivity index (χ0v) is 10.5. The van der Waals surface area contributed by atoms with Crippen LogP contribution in [0.3, 0.4) is 0 Å². The Morgan fingerprint density at radius 2 is 1.50 bits per heavy atom. The molecule has 2 N–H and O–H groups in total. The fourth-order valence-electron chi connectivity index (χ4n) is 1.77. The standard InChI is InChI=1S/C14H16N2O2/c1-17-12-7-11(8-13(9-12)18-2)14(15)10-3-5-16-6-4-10/h3-9,14H,15H2,1-2H3. The molecule has 1 aromatic heterocycles. The van der Waals surface area contributed by atoms with E-state index in [2.05, 4.69) is 4.98 Å². The number of nitrogens with zero attached hydrogens (tertiary/aromatic N) is 1. The van der Waals surface area contributed by atoms with Crippen molar-refractivity contribution in [3.8, 4) is 11.5 Å². The number of hydrogen-bond donors (Lipinski definition) is 1. The molecule has 4 heteroatoms. The van der Waals surface area contributed by atoms with Gasteiger partial charge in [-0.1, -0.05) is 0 Å². The summed E-state index contributed by atoms with van der Waals surface area (Å²) in [7, 11) is 3.24. The fourth-order valence-corrected chi connectivity index (χ4v) is 1.77. The van der Waals surface area contributed by atoms with Gasteiger partial charge >= 0.3 is 0 Å². The third kappa shape index (κ3) is 2.60. The van der Waals surface area contributed by atoms with E-state index in [4.69, 9.17) is 15.2 Å². The molecule has 0 saturated carbocycles. The number of hydrogen-bond acceptors (Lipinski definition) is 4. The van der Waals surface area contributed by atoms with Crippen LogP contribution in [0.2, 0.25) is 0 Å². The van der Waals surface area contributed by atoms with Gasteiger partial charge in [-0.15, -0.1) is 0 Å². The second kappa shape index (κ2) is 5.51. The van der Waals surface area contributed by atoms with E-state index in [0.717, 1.165) is 22.6 Å². The molecule has 2 aromatic rings. The normalized spacial score (nSPS) is 11.9. The molecule has 0 aliphatic carbocycles. The van der Waals surface area contributed by atoms with Crippen LogP contribution < -0.4 is 15.2 Å². The highest BCUT2D eigenvalue weighted by Gasteiger charge is 2.11. The maximum Gasteiger partial charge on any atom is 0.122 e. The van der Waals surface area contributed by atoms with Crippen molar-refractivity contribution >= 4 is 0 Å². The number of pyridine rings is 1. The van der Waals surface area contributed by atoms with Gasteiger partial charge in [-0.2, -0.15) is 0 Å². The van der Waals surface area contributed by atoms with Crippen molar-refractivity contribution in [3.63, 3.8) is 0 Å². The van der Waals surface area contributed by atoms with Gasteiger partial charge in [-0.3, -0.25) is 4.98 Å². The van der Waals surface area contributed by atoms with Crippen LogP contribution in [0.5, 0.6) is 11.5 Å². The first-order valence-corrected chi connectivity index (χ1v) is 5.63. The molecule has 1 heterocycles. The van der Waals surface area contributed by atoms with Gasteiger partial charge in [0.2, 0.25) is 0 Å². The topological polar surface area (TPSA) is 57.4 Å². The lowest BCUT2D eigenvalue weighted by Gasteiger charge is -2.15. The van der Waals surface area contributed by atoms with Crippen molar-refractivity contribution in [1.29, 1.82) is 0 Å². The van der Waals surface area contributed by atoms with Crippen LogP contribution in [0, 0.1) is 0 Å². The van der Waals surface area contributed by atoms with Gasteiger partial charge in [0.1, 0.15) is 11.5 Å². The van der Waals surface area contributed by atoms with Crippen molar-refractivity contribution in [2.75, 3.05) is 14.2 Å². The molecule has 0 fully saturated rings. The maximum atomic E-state index is 6.22. The molecule has 0 amide bonds. The molecule has 1 atom stereocenters. The molecule has 1 unspecified atom stereocenters. The Hall–Kier alpha value is -2.07.